The lowest BCUT2D eigenvalue weighted by Crippen LogP contribution is -2.00. The van der Waals surface area contributed by atoms with Crippen LogP contribution in [-0.4, -0.2) is 16.5 Å². The SMILES string of the molecule is NCCCc1ccc2oc(-c3cccnc3)nc2c1. The summed E-state index contributed by atoms with van der Waals surface area (Å²) in [6.07, 6.45) is 5.44. The first-order chi connectivity index (χ1) is 9.36. The summed E-state index contributed by atoms with van der Waals surface area (Å²) in [5.41, 5.74) is 9.34. The third-order valence-corrected chi connectivity index (χ3v) is 3.03. The molecular weight excluding hydrogens is 238 g/mol. The number of benzene rings is 1. The van der Waals surface area contributed by atoms with Gasteiger partial charge in [-0.3, -0.25) is 4.98 Å². The van der Waals surface area contributed by atoms with Gasteiger partial charge in [0.25, 0.3) is 0 Å². The first kappa shape index (κ1) is 11.9. The van der Waals surface area contributed by atoms with E-state index in [0.717, 1.165) is 29.5 Å². The number of nitrogens with two attached hydrogens (primary N) is 1. The number of pyridine rings is 1. The van der Waals surface area contributed by atoms with E-state index in [0.29, 0.717) is 12.4 Å². The fraction of sp³-hybridized carbons (Fsp3) is 0.200. The maximum atomic E-state index is 5.74. The molecule has 0 amide bonds. The van der Waals surface area contributed by atoms with Crippen LogP contribution >= 0.6 is 0 Å². The van der Waals surface area contributed by atoms with E-state index in [1.807, 2.05) is 18.2 Å². The third kappa shape index (κ3) is 2.48. The Morgan fingerprint density at radius 1 is 1.21 bits per heavy atom. The maximum Gasteiger partial charge on any atom is 0.228 e. The molecule has 3 aromatic rings. The van der Waals surface area contributed by atoms with Gasteiger partial charge in [0, 0.05) is 12.4 Å². The van der Waals surface area contributed by atoms with Crippen LogP contribution in [0.3, 0.4) is 0 Å². The summed E-state index contributed by atoms with van der Waals surface area (Å²) in [6.45, 7) is 0.706. The third-order valence-electron chi connectivity index (χ3n) is 3.03. The molecule has 0 aliphatic carbocycles. The van der Waals surface area contributed by atoms with Crippen LogP contribution in [0.25, 0.3) is 22.6 Å². The molecule has 0 saturated carbocycles. The van der Waals surface area contributed by atoms with Gasteiger partial charge in [-0.2, -0.15) is 0 Å². The zero-order chi connectivity index (χ0) is 13.1. The predicted molar refractivity (Wildman–Crippen MR) is 74.6 cm³/mol. The molecule has 19 heavy (non-hydrogen) atoms. The number of oxazole rings is 1. The molecule has 0 saturated heterocycles. The number of hydrogen-bond acceptors (Lipinski definition) is 4. The van der Waals surface area contributed by atoms with E-state index in [1.54, 1.807) is 12.4 Å². The van der Waals surface area contributed by atoms with Gasteiger partial charge < -0.3 is 10.2 Å². The van der Waals surface area contributed by atoms with Crippen molar-refractivity contribution in [3.05, 3.63) is 48.3 Å². The van der Waals surface area contributed by atoms with Crippen LogP contribution in [-0.2, 0) is 6.42 Å². The van der Waals surface area contributed by atoms with Gasteiger partial charge >= 0.3 is 0 Å². The molecule has 0 radical (unpaired) electrons. The van der Waals surface area contributed by atoms with Crippen LogP contribution in [0.1, 0.15) is 12.0 Å². The summed E-state index contributed by atoms with van der Waals surface area (Å²) in [4.78, 5) is 8.59. The molecule has 0 aliphatic rings. The quantitative estimate of drug-likeness (QED) is 0.776. The molecule has 0 bridgehead atoms. The average molecular weight is 253 g/mol. The van der Waals surface area contributed by atoms with E-state index in [2.05, 4.69) is 22.1 Å². The van der Waals surface area contributed by atoms with E-state index < -0.39 is 0 Å². The van der Waals surface area contributed by atoms with Crippen molar-refractivity contribution < 1.29 is 4.42 Å². The maximum absolute atomic E-state index is 5.74. The van der Waals surface area contributed by atoms with Crippen molar-refractivity contribution in [3.8, 4) is 11.5 Å². The molecule has 1 aromatic carbocycles. The van der Waals surface area contributed by atoms with Gasteiger partial charge in [-0.25, -0.2) is 4.98 Å². The highest BCUT2D eigenvalue weighted by molar-refractivity contribution is 5.76. The minimum atomic E-state index is 0.610. The normalized spacial score (nSPS) is 11.0. The van der Waals surface area contributed by atoms with Crippen molar-refractivity contribution in [1.29, 1.82) is 0 Å². The van der Waals surface area contributed by atoms with Gasteiger partial charge in [0.15, 0.2) is 5.58 Å². The molecule has 2 aromatic heterocycles. The average Bonchev–Trinajstić information content (AvgIpc) is 2.89. The van der Waals surface area contributed by atoms with Gasteiger partial charge in [-0.05, 0) is 49.2 Å². The Labute approximate surface area is 111 Å². The molecule has 96 valence electrons. The zero-order valence-corrected chi connectivity index (χ0v) is 10.5. The number of fused-ring (bicyclic) bond motifs is 1. The van der Waals surface area contributed by atoms with Crippen LogP contribution in [0.2, 0.25) is 0 Å². The largest absolute Gasteiger partial charge is 0.436 e. The summed E-state index contributed by atoms with van der Waals surface area (Å²) in [7, 11) is 0. The van der Waals surface area contributed by atoms with Crippen LogP contribution in [0.15, 0.2) is 47.1 Å². The lowest BCUT2D eigenvalue weighted by Gasteiger charge is -1.97. The summed E-state index contributed by atoms with van der Waals surface area (Å²) in [6, 6.07) is 9.91. The molecule has 0 spiro atoms. The van der Waals surface area contributed by atoms with E-state index >= 15 is 0 Å². The molecular formula is C15H15N3O. The van der Waals surface area contributed by atoms with Crippen molar-refractivity contribution in [2.75, 3.05) is 6.54 Å². The monoisotopic (exact) mass is 253 g/mol. The number of nitrogens with zero attached hydrogens (tertiary/aromatic N) is 2. The summed E-state index contributed by atoms with van der Waals surface area (Å²) >= 11 is 0. The molecule has 0 atom stereocenters. The van der Waals surface area contributed by atoms with E-state index in [-0.39, 0.29) is 0 Å². The first-order valence-electron chi connectivity index (χ1n) is 6.37. The highest BCUT2D eigenvalue weighted by Gasteiger charge is 2.08. The lowest BCUT2D eigenvalue weighted by molar-refractivity contribution is 0.619. The highest BCUT2D eigenvalue weighted by atomic mass is 16.3. The van der Waals surface area contributed by atoms with E-state index in [9.17, 15) is 0 Å². The topological polar surface area (TPSA) is 64.9 Å². The zero-order valence-electron chi connectivity index (χ0n) is 10.5. The molecule has 3 rings (SSSR count). The number of rotatable bonds is 4. The Morgan fingerprint density at radius 3 is 2.95 bits per heavy atom. The minimum absolute atomic E-state index is 0.610. The van der Waals surface area contributed by atoms with Crippen LogP contribution in [0.4, 0.5) is 0 Å². The lowest BCUT2D eigenvalue weighted by atomic mass is 10.1. The number of aromatic nitrogens is 2. The minimum Gasteiger partial charge on any atom is -0.436 e. The molecule has 0 fully saturated rings. The summed E-state index contributed by atoms with van der Waals surface area (Å²) in [5.74, 6) is 0.610. The van der Waals surface area contributed by atoms with Crippen LogP contribution < -0.4 is 5.73 Å². The first-order valence-corrected chi connectivity index (χ1v) is 6.37. The second-order valence-electron chi connectivity index (χ2n) is 4.46. The second-order valence-corrected chi connectivity index (χ2v) is 4.46. The molecule has 2 N–H and O–H groups in total. The molecule has 0 unspecified atom stereocenters. The predicted octanol–water partition coefficient (Wildman–Crippen LogP) is 2.78. The van der Waals surface area contributed by atoms with Crippen molar-refractivity contribution in [2.45, 2.75) is 12.8 Å². The van der Waals surface area contributed by atoms with Crippen molar-refractivity contribution in [3.63, 3.8) is 0 Å². The van der Waals surface area contributed by atoms with Gasteiger partial charge in [0.05, 0.1) is 5.56 Å². The Kier molecular flexibility index (Phi) is 3.25. The van der Waals surface area contributed by atoms with Gasteiger partial charge in [0.1, 0.15) is 5.52 Å². The van der Waals surface area contributed by atoms with E-state index in [4.69, 9.17) is 10.2 Å². The van der Waals surface area contributed by atoms with Gasteiger partial charge in [0.2, 0.25) is 5.89 Å². The molecule has 4 heteroatoms. The Hall–Kier alpha value is -2.20. The standard InChI is InChI=1S/C15H15N3O/c16-7-1-3-11-5-6-14-13(9-11)18-15(19-14)12-4-2-8-17-10-12/h2,4-6,8-10H,1,3,7,16H2. The smallest absolute Gasteiger partial charge is 0.228 e. The molecule has 2 heterocycles. The Morgan fingerprint density at radius 2 is 2.16 bits per heavy atom. The number of hydrogen-bond donors (Lipinski definition) is 1. The summed E-state index contributed by atoms with van der Waals surface area (Å²) < 4.78 is 5.74. The van der Waals surface area contributed by atoms with Crippen LogP contribution in [0.5, 0.6) is 0 Å². The Balaban J connectivity index is 1.97. The fourth-order valence-corrected chi connectivity index (χ4v) is 2.05. The number of aryl methyl sites for hydroxylation is 1. The second kappa shape index (κ2) is 5.20. The van der Waals surface area contributed by atoms with Crippen LogP contribution in [0, 0.1) is 0 Å². The summed E-state index contributed by atoms with van der Waals surface area (Å²) in [5, 5.41) is 0. The Bertz CT molecular complexity index is 676. The van der Waals surface area contributed by atoms with Crippen molar-refractivity contribution in [2.24, 2.45) is 5.73 Å². The molecule has 4 nitrogen and oxygen atoms in total. The van der Waals surface area contributed by atoms with Gasteiger partial charge in [-0.1, -0.05) is 6.07 Å². The molecule has 0 aliphatic heterocycles. The van der Waals surface area contributed by atoms with E-state index in [1.165, 1.54) is 5.56 Å². The fourth-order valence-electron chi connectivity index (χ4n) is 2.05. The van der Waals surface area contributed by atoms with Gasteiger partial charge in [-0.15, -0.1) is 0 Å². The van der Waals surface area contributed by atoms with Crippen molar-refractivity contribution in [1.82, 2.24) is 9.97 Å². The highest BCUT2D eigenvalue weighted by Crippen LogP contribution is 2.24. The van der Waals surface area contributed by atoms with Crippen molar-refractivity contribution >= 4 is 11.1 Å².